The van der Waals surface area contributed by atoms with E-state index in [1.54, 1.807) is 0 Å². The summed E-state index contributed by atoms with van der Waals surface area (Å²) < 4.78 is 0.277. The number of benzene rings is 2. The molecule has 0 amide bonds. The van der Waals surface area contributed by atoms with E-state index in [0.29, 0.717) is 0 Å². The van der Waals surface area contributed by atoms with Crippen LogP contribution in [0.2, 0.25) is 0 Å². The molecular weight excluding hydrogens is 260 g/mol. The van der Waals surface area contributed by atoms with Crippen LogP contribution in [0.25, 0.3) is 0 Å². The van der Waals surface area contributed by atoms with Crippen molar-refractivity contribution >= 4 is 11.8 Å². The Morgan fingerprint density at radius 2 is 1.05 bits per heavy atom. The lowest BCUT2D eigenvalue weighted by molar-refractivity contribution is 0.399. The van der Waals surface area contributed by atoms with Gasteiger partial charge in [-0.25, -0.2) is 0 Å². The predicted molar refractivity (Wildman–Crippen MR) is 87.5 cm³/mol. The van der Waals surface area contributed by atoms with E-state index >= 15 is 0 Å². The summed E-state index contributed by atoms with van der Waals surface area (Å²) in [4.78, 5) is 0. The molecule has 1 heteroatoms. The molecule has 0 saturated heterocycles. The fraction of sp³-hybridized carbons (Fsp3) is 0.368. The number of fused-ring (bicyclic) bond motifs is 1. The van der Waals surface area contributed by atoms with Crippen molar-refractivity contribution in [2.75, 3.05) is 0 Å². The second kappa shape index (κ2) is 3.51. The molecule has 20 heavy (non-hydrogen) atoms. The zero-order chi connectivity index (χ0) is 14.2. The van der Waals surface area contributed by atoms with Gasteiger partial charge in [-0.2, -0.15) is 0 Å². The molecule has 0 fully saturated rings. The Bertz CT molecular complexity index is 664. The lowest BCUT2D eigenvalue weighted by Crippen LogP contribution is -2.56. The molecule has 2 aromatic rings. The Kier molecular flexibility index (Phi) is 2.20. The van der Waals surface area contributed by atoms with Gasteiger partial charge in [-0.1, -0.05) is 55.5 Å². The summed E-state index contributed by atoms with van der Waals surface area (Å²) in [6, 6.07) is 18.1. The van der Waals surface area contributed by atoms with Crippen molar-refractivity contribution in [2.45, 2.75) is 42.6 Å². The highest BCUT2D eigenvalue weighted by Crippen LogP contribution is 2.68. The van der Waals surface area contributed by atoms with Gasteiger partial charge >= 0.3 is 0 Å². The van der Waals surface area contributed by atoms with Gasteiger partial charge < -0.3 is 0 Å². The normalized spacial score (nSPS) is 32.6. The minimum absolute atomic E-state index is 0.0778. The second-order valence-electron chi connectivity index (χ2n) is 6.86. The quantitative estimate of drug-likeness (QED) is 0.647. The molecular formula is C19H20S. The summed E-state index contributed by atoms with van der Waals surface area (Å²) in [6.45, 7) is 9.63. The van der Waals surface area contributed by atoms with E-state index in [4.69, 9.17) is 0 Å². The van der Waals surface area contributed by atoms with Gasteiger partial charge in [0.2, 0.25) is 0 Å². The first-order chi connectivity index (χ1) is 9.41. The van der Waals surface area contributed by atoms with Gasteiger partial charge in [-0.15, -0.1) is 11.8 Å². The van der Waals surface area contributed by atoms with Crippen molar-refractivity contribution in [3.8, 4) is 0 Å². The molecule has 0 radical (unpaired) electrons. The first kappa shape index (κ1) is 12.5. The van der Waals surface area contributed by atoms with Crippen molar-refractivity contribution in [2.24, 2.45) is 0 Å². The molecule has 0 spiro atoms. The maximum absolute atomic E-state index is 2.43. The summed E-state index contributed by atoms with van der Waals surface area (Å²) in [6.07, 6.45) is 0. The first-order valence-electron chi connectivity index (χ1n) is 7.31. The van der Waals surface area contributed by atoms with Gasteiger partial charge in [0.25, 0.3) is 0 Å². The fourth-order valence-electron chi connectivity index (χ4n) is 4.33. The molecule has 2 heterocycles. The molecule has 2 aromatic carbocycles. The monoisotopic (exact) mass is 280 g/mol. The van der Waals surface area contributed by atoms with E-state index in [9.17, 15) is 0 Å². The molecule has 102 valence electrons. The third kappa shape index (κ3) is 1.17. The molecule has 5 rings (SSSR count). The molecule has 0 saturated carbocycles. The van der Waals surface area contributed by atoms with Crippen LogP contribution in [-0.2, 0) is 10.2 Å². The van der Waals surface area contributed by atoms with E-state index in [1.807, 2.05) is 0 Å². The first-order valence-corrected chi connectivity index (χ1v) is 8.13. The van der Waals surface area contributed by atoms with Gasteiger partial charge in [-0.3, -0.25) is 0 Å². The Hall–Kier alpha value is -1.21. The maximum Gasteiger partial charge on any atom is 0.0640 e. The van der Waals surface area contributed by atoms with Crippen LogP contribution in [0.3, 0.4) is 0 Å². The smallest absolute Gasteiger partial charge is 0.0640 e. The Balaban J connectivity index is 2.20. The predicted octanol–water partition coefficient (Wildman–Crippen LogP) is 5.09. The fourth-order valence-corrected chi connectivity index (χ4v) is 6.35. The van der Waals surface area contributed by atoms with Crippen molar-refractivity contribution < 1.29 is 0 Å². The van der Waals surface area contributed by atoms with E-state index in [2.05, 4.69) is 88.0 Å². The molecule has 2 bridgehead atoms. The van der Waals surface area contributed by atoms with Crippen LogP contribution >= 0.6 is 11.8 Å². The van der Waals surface area contributed by atoms with E-state index < -0.39 is 0 Å². The van der Waals surface area contributed by atoms with Crippen LogP contribution in [0.5, 0.6) is 0 Å². The minimum atomic E-state index is 0.0778. The molecule has 0 N–H and O–H groups in total. The molecule has 0 aromatic heterocycles. The topological polar surface area (TPSA) is 0 Å². The molecule has 0 atom stereocenters. The van der Waals surface area contributed by atoms with Gasteiger partial charge in [0.1, 0.15) is 0 Å². The van der Waals surface area contributed by atoms with Crippen LogP contribution in [0.1, 0.15) is 49.9 Å². The van der Waals surface area contributed by atoms with Crippen LogP contribution in [-0.4, -0.2) is 4.75 Å². The van der Waals surface area contributed by atoms with Gasteiger partial charge in [0, 0.05) is 10.2 Å². The summed E-state index contributed by atoms with van der Waals surface area (Å²) in [5.41, 5.74) is 6.13. The van der Waals surface area contributed by atoms with Gasteiger partial charge in [0.15, 0.2) is 0 Å². The van der Waals surface area contributed by atoms with Crippen molar-refractivity contribution in [3.63, 3.8) is 0 Å². The largest absolute Gasteiger partial charge is 0.138 e. The Morgan fingerprint density at radius 1 is 0.650 bits per heavy atom. The molecule has 1 aliphatic carbocycles. The number of rotatable bonds is 0. The Morgan fingerprint density at radius 3 is 1.50 bits per heavy atom. The van der Waals surface area contributed by atoms with Crippen LogP contribution in [0, 0.1) is 0 Å². The van der Waals surface area contributed by atoms with Gasteiger partial charge in [0.05, 0.1) is 4.75 Å². The highest BCUT2D eigenvalue weighted by Gasteiger charge is 2.60. The van der Waals surface area contributed by atoms with Crippen LogP contribution in [0.4, 0.5) is 0 Å². The molecule has 3 aliphatic rings. The number of thioether (sulfide) groups is 1. The third-order valence-corrected chi connectivity index (χ3v) is 7.39. The average molecular weight is 280 g/mol. The van der Waals surface area contributed by atoms with E-state index in [1.165, 1.54) is 22.3 Å². The van der Waals surface area contributed by atoms with Crippen molar-refractivity contribution in [1.82, 2.24) is 0 Å². The van der Waals surface area contributed by atoms with E-state index in [-0.39, 0.29) is 14.9 Å². The highest BCUT2D eigenvalue weighted by molar-refractivity contribution is 8.02. The number of hydrogen-bond donors (Lipinski definition) is 0. The molecule has 0 unspecified atom stereocenters. The zero-order valence-corrected chi connectivity index (χ0v) is 13.3. The summed E-state index contributed by atoms with van der Waals surface area (Å²) >= 11 is 2.12. The van der Waals surface area contributed by atoms with Gasteiger partial charge in [-0.05, 0) is 43.0 Å². The average Bonchev–Trinajstić information content (AvgIpc) is 2.43. The minimum Gasteiger partial charge on any atom is -0.138 e. The molecule has 2 aliphatic heterocycles. The van der Waals surface area contributed by atoms with Crippen molar-refractivity contribution in [1.29, 1.82) is 0 Å². The van der Waals surface area contributed by atoms with Crippen LogP contribution < -0.4 is 0 Å². The Labute approximate surface area is 125 Å². The molecule has 0 nitrogen and oxygen atoms in total. The maximum atomic E-state index is 2.43. The lowest BCUT2D eigenvalue weighted by Gasteiger charge is -2.61. The highest BCUT2D eigenvalue weighted by atomic mass is 32.2. The van der Waals surface area contributed by atoms with E-state index in [0.717, 1.165) is 0 Å². The SMILES string of the molecule is CC12SC(C)(C)C(C)(c3ccccc31)c1ccccc12. The van der Waals surface area contributed by atoms with Crippen LogP contribution in [0.15, 0.2) is 48.5 Å². The lowest BCUT2D eigenvalue weighted by atomic mass is 9.58. The summed E-state index contributed by atoms with van der Waals surface area (Å²) in [5, 5.41) is 0. The van der Waals surface area contributed by atoms with Crippen molar-refractivity contribution in [3.05, 3.63) is 70.8 Å². The summed E-state index contributed by atoms with van der Waals surface area (Å²) in [7, 11) is 0. The standard InChI is InChI=1S/C19H20S/c1-17(2)18(3)13-9-5-7-11-15(13)19(4,20-17)16-12-8-6-10-14(16)18/h5-12H,1-4H3. The second-order valence-corrected chi connectivity index (χ2v) is 8.90. The number of hydrogen-bond acceptors (Lipinski definition) is 1. The zero-order valence-electron chi connectivity index (χ0n) is 12.5. The summed E-state index contributed by atoms with van der Waals surface area (Å²) in [5.74, 6) is 0. The third-order valence-electron chi connectivity index (χ3n) is 5.62.